The third kappa shape index (κ3) is 3.68. The Balaban J connectivity index is 0.000000938. The molecule has 1 saturated heterocycles. The molecule has 0 spiro atoms. The summed E-state index contributed by atoms with van der Waals surface area (Å²) in [6.07, 6.45) is 3.43. The number of hydrazone groups is 1. The van der Waals surface area contributed by atoms with Gasteiger partial charge in [-0.05, 0) is 39.1 Å². The summed E-state index contributed by atoms with van der Waals surface area (Å²) < 4.78 is 20.9. The number of rotatable bonds is 3. The molecule has 2 aromatic rings. The maximum absolute atomic E-state index is 12.3. The maximum atomic E-state index is 12.3. The summed E-state index contributed by atoms with van der Waals surface area (Å²) in [4.78, 5) is 18.9. The van der Waals surface area contributed by atoms with Crippen molar-refractivity contribution in [1.29, 1.82) is 0 Å². The highest BCUT2D eigenvalue weighted by Gasteiger charge is 2.42. The molecule has 0 bridgehead atoms. The molecule has 32 heavy (non-hydrogen) atoms. The zero-order chi connectivity index (χ0) is 22.3. The minimum atomic E-state index is -0.353. The minimum Gasteiger partial charge on any atom is -0.483 e. The van der Waals surface area contributed by atoms with E-state index < -0.39 is 0 Å². The van der Waals surface area contributed by atoms with Crippen molar-refractivity contribution >= 4 is 23.1 Å². The largest absolute Gasteiger partial charge is 0.483 e. The van der Waals surface area contributed by atoms with Gasteiger partial charge in [0, 0.05) is 37.0 Å². The van der Waals surface area contributed by atoms with Crippen LogP contribution in [0.4, 0.5) is 20.5 Å². The van der Waals surface area contributed by atoms with Gasteiger partial charge in [-0.3, -0.25) is 13.9 Å². The highest BCUT2D eigenvalue weighted by Crippen LogP contribution is 2.45. The number of amidine groups is 1. The van der Waals surface area contributed by atoms with Crippen LogP contribution in [0.15, 0.2) is 40.2 Å². The summed E-state index contributed by atoms with van der Waals surface area (Å²) >= 11 is 0. The third-order valence-electron chi connectivity index (χ3n) is 6.26. The van der Waals surface area contributed by atoms with Gasteiger partial charge in [-0.1, -0.05) is 0 Å². The number of furan rings is 1. The highest BCUT2D eigenvalue weighted by molar-refractivity contribution is 6.10. The Morgan fingerprint density at radius 3 is 2.66 bits per heavy atom. The van der Waals surface area contributed by atoms with Crippen LogP contribution in [-0.4, -0.2) is 69.2 Å². The monoisotopic (exact) mass is 449 g/mol. The van der Waals surface area contributed by atoms with Crippen LogP contribution in [-0.2, 0) is 4.79 Å². The zero-order valence-corrected chi connectivity index (χ0v) is 18.9. The molecule has 1 aromatic heterocycles. The van der Waals surface area contributed by atoms with E-state index in [2.05, 4.69) is 47.4 Å². The van der Waals surface area contributed by atoms with Crippen molar-refractivity contribution in [3.63, 3.8) is 0 Å². The van der Waals surface area contributed by atoms with Crippen LogP contribution in [0.1, 0.15) is 13.8 Å². The smallest absolute Gasteiger partial charge is 0.262 e. The SMILES string of the molecule is CC1C(=O)NN=C2COc3cc(-c4ccoc4)c(N(C)C4(C)CN(C)C4)cc3N21.CF.F. The molecule has 1 unspecified atom stereocenters. The fourth-order valence-corrected chi connectivity index (χ4v) is 4.61. The molecule has 0 aliphatic carbocycles. The standard InChI is InChI=1S/C21H25N5O3.CH3F.FH/c1-13-20(27)23-22-19-10-29-18-7-15(14-5-6-28-9-14)16(8-17(18)26(13)19)25(4)21(2)11-24(3)12-21;1-2;/h5-9,13H,10-12H2,1-4H3,(H,23,27);1H3;1H. The Bertz CT molecular complexity index is 1010. The van der Waals surface area contributed by atoms with Gasteiger partial charge in [0.15, 0.2) is 5.84 Å². The van der Waals surface area contributed by atoms with Crippen LogP contribution in [0.25, 0.3) is 11.1 Å². The molecule has 1 amide bonds. The number of hydrogen-bond donors (Lipinski definition) is 1. The van der Waals surface area contributed by atoms with Gasteiger partial charge in [-0.25, -0.2) is 5.43 Å². The number of halogens is 2. The summed E-state index contributed by atoms with van der Waals surface area (Å²) in [5.74, 6) is 1.33. The number of alkyl halides is 1. The second-order valence-corrected chi connectivity index (χ2v) is 8.42. The van der Waals surface area contributed by atoms with Crippen LogP contribution in [0, 0.1) is 0 Å². The number of likely N-dealkylation sites (tertiary alicyclic amines) is 1. The van der Waals surface area contributed by atoms with Crippen LogP contribution in [0.3, 0.4) is 0 Å². The number of carbonyl (C=O) groups is 1. The van der Waals surface area contributed by atoms with Crippen molar-refractivity contribution in [2.75, 3.05) is 50.8 Å². The molecule has 174 valence electrons. The molecule has 0 radical (unpaired) electrons. The number of amides is 1. The summed E-state index contributed by atoms with van der Waals surface area (Å²) in [5.41, 5.74) is 6.59. The van der Waals surface area contributed by atoms with Crippen LogP contribution in [0.5, 0.6) is 5.75 Å². The number of nitrogens with one attached hydrogen (secondary N) is 1. The van der Waals surface area contributed by atoms with E-state index in [-0.39, 0.29) is 22.2 Å². The minimum absolute atomic E-state index is 0. The molecule has 1 N–H and O–H groups in total. The first kappa shape index (κ1) is 23.5. The van der Waals surface area contributed by atoms with Crippen molar-refractivity contribution in [2.24, 2.45) is 5.10 Å². The molecule has 3 aliphatic heterocycles. The predicted molar refractivity (Wildman–Crippen MR) is 121 cm³/mol. The number of nitrogens with zero attached hydrogens (tertiary/aromatic N) is 4. The molecule has 5 rings (SSSR count). The first-order chi connectivity index (χ1) is 14.9. The number of hydrogen-bond acceptors (Lipinski definition) is 7. The van der Waals surface area contributed by atoms with E-state index in [4.69, 9.17) is 9.15 Å². The number of benzene rings is 1. The van der Waals surface area contributed by atoms with Crippen molar-refractivity contribution in [2.45, 2.75) is 25.4 Å². The van der Waals surface area contributed by atoms with Crippen LogP contribution >= 0.6 is 0 Å². The molecule has 0 saturated carbocycles. The molecular formula is C22H29F2N5O3. The van der Waals surface area contributed by atoms with E-state index in [1.165, 1.54) is 0 Å². The second kappa shape index (κ2) is 8.78. The van der Waals surface area contributed by atoms with E-state index >= 15 is 0 Å². The lowest BCUT2D eigenvalue weighted by molar-refractivity contribution is -0.122. The van der Waals surface area contributed by atoms with Gasteiger partial charge < -0.3 is 23.9 Å². The van der Waals surface area contributed by atoms with Crippen LogP contribution < -0.4 is 20.0 Å². The number of likely N-dealkylation sites (N-methyl/N-ethyl adjacent to an activating group) is 2. The van der Waals surface area contributed by atoms with Gasteiger partial charge in [-0.2, -0.15) is 5.10 Å². The fourth-order valence-electron chi connectivity index (χ4n) is 4.61. The first-order valence-corrected chi connectivity index (χ1v) is 10.2. The lowest BCUT2D eigenvalue weighted by Crippen LogP contribution is -2.66. The van der Waals surface area contributed by atoms with Gasteiger partial charge in [0.25, 0.3) is 5.91 Å². The molecular weight excluding hydrogens is 420 g/mol. The maximum Gasteiger partial charge on any atom is 0.262 e. The average Bonchev–Trinajstić information content (AvgIpc) is 3.29. The second-order valence-electron chi connectivity index (χ2n) is 8.42. The molecule has 1 aromatic carbocycles. The van der Waals surface area contributed by atoms with E-state index in [1.54, 1.807) is 12.5 Å². The van der Waals surface area contributed by atoms with Gasteiger partial charge >= 0.3 is 0 Å². The van der Waals surface area contributed by atoms with Gasteiger partial charge in [0.05, 0.1) is 30.9 Å². The van der Waals surface area contributed by atoms with E-state index in [1.807, 2.05) is 24.0 Å². The van der Waals surface area contributed by atoms with Gasteiger partial charge in [0.1, 0.15) is 18.4 Å². The summed E-state index contributed by atoms with van der Waals surface area (Å²) in [6.45, 7) is 6.44. The van der Waals surface area contributed by atoms with Gasteiger partial charge in [0.2, 0.25) is 0 Å². The average molecular weight is 450 g/mol. The number of anilines is 2. The molecule has 10 heteroatoms. The first-order valence-electron chi connectivity index (χ1n) is 10.2. The normalized spacial score (nSPS) is 20.7. The quantitative estimate of drug-likeness (QED) is 0.777. The van der Waals surface area contributed by atoms with Crippen molar-refractivity contribution in [3.05, 3.63) is 30.7 Å². The number of fused-ring (bicyclic) bond motifs is 3. The highest BCUT2D eigenvalue weighted by atomic mass is 19.1. The van der Waals surface area contributed by atoms with Crippen molar-refractivity contribution in [3.8, 4) is 16.9 Å². The van der Waals surface area contributed by atoms with E-state index in [0.29, 0.717) is 19.6 Å². The summed E-state index contributed by atoms with van der Waals surface area (Å²) in [6, 6.07) is 5.77. The van der Waals surface area contributed by atoms with Gasteiger partial charge in [-0.15, -0.1) is 0 Å². The summed E-state index contributed by atoms with van der Waals surface area (Å²) in [7, 11) is 4.76. The number of carbonyl (C=O) groups excluding carboxylic acids is 1. The molecule has 1 atom stereocenters. The molecule has 4 heterocycles. The summed E-state index contributed by atoms with van der Waals surface area (Å²) in [5, 5.41) is 4.20. The predicted octanol–water partition coefficient (Wildman–Crippen LogP) is 2.86. The Kier molecular flexibility index (Phi) is 6.45. The topological polar surface area (TPSA) is 73.5 Å². The fraction of sp³-hybridized carbons (Fsp3) is 0.455. The lowest BCUT2D eigenvalue weighted by atomic mass is 9.89. The Labute approximate surface area is 186 Å². The third-order valence-corrected chi connectivity index (χ3v) is 6.26. The number of ether oxygens (including phenoxy) is 1. The molecule has 1 fully saturated rings. The van der Waals surface area contributed by atoms with E-state index in [0.717, 1.165) is 41.3 Å². The Morgan fingerprint density at radius 1 is 1.31 bits per heavy atom. The van der Waals surface area contributed by atoms with Crippen molar-refractivity contribution in [1.82, 2.24) is 10.3 Å². The van der Waals surface area contributed by atoms with Crippen LogP contribution in [0.2, 0.25) is 0 Å². The lowest BCUT2D eigenvalue weighted by Gasteiger charge is -2.53. The van der Waals surface area contributed by atoms with Crippen molar-refractivity contribution < 1.29 is 23.0 Å². The Morgan fingerprint density at radius 2 is 2.03 bits per heavy atom. The molecule has 8 nitrogen and oxygen atoms in total. The van der Waals surface area contributed by atoms with E-state index in [9.17, 15) is 9.18 Å². The zero-order valence-electron chi connectivity index (χ0n) is 18.9. The Hall–Kier alpha value is -3.14. The molecule has 3 aliphatic rings.